The van der Waals surface area contributed by atoms with Crippen molar-refractivity contribution in [3.05, 3.63) is 29.8 Å². The summed E-state index contributed by atoms with van der Waals surface area (Å²) in [5.74, 6) is -0.254. The summed E-state index contributed by atoms with van der Waals surface area (Å²) in [5.41, 5.74) is 0.416. The average molecular weight is 356 g/mol. The predicted molar refractivity (Wildman–Crippen MR) is 89.4 cm³/mol. The number of carbonyl (C=O) groups excluding carboxylic acids is 1. The molecule has 8 heteroatoms. The molecular formula is C16H24N2O5S. The molecule has 24 heavy (non-hydrogen) atoms. The highest BCUT2D eigenvalue weighted by molar-refractivity contribution is 7.89. The molecule has 1 fully saturated rings. The zero-order chi connectivity index (χ0) is 17.4. The summed E-state index contributed by atoms with van der Waals surface area (Å²) in [6, 6.07) is 5.80. The largest absolute Gasteiger partial charge is 0.379 e. The third-order valence-corrected chi connectivity index (χ3v) is 5.22. The van der Waals surface area contributed by atoms with Crippen LogP contribution in [0.15, 0.2) is 29.2 Å². The molecule has 7 nitrogen and oxygen atoms in total. The standard InChI is InChI=1S/C16H24N2O5S/c1-17-16(19)13-5-7-15(8-6-13)24(20,21)18-9-3-10-22-12-14-4-2-11-23-14/h5-8,14,18H,2-4,9-12H2,1H3,(H,17,19). The summed E-state index contributed by atoms with van der Waals surface area (Å²) in [7, 11) is -2.05. The molecule has 0 spiro atoms. The fraction of sp³-hybridized carbons (Fsp3) is 0.562. The van der Waals surface area contributed by atoms with Crippen LogP contribution >= 0.6 is 0 Å². The smallest absolute Gasteiger partial charge is 0.251 e. The number of rotatable bonds is 9. The van der Waals surface area contributed by atoms with E-state index in [-0.39, 0.29) is 16.9 Å². The van der Waals surface area contributed by atoms with E-state index in [1.807, 2.05) is 0 Å². The summed E-state index contributed by atoms with van der Waals surface area (Å²) in [5, 5.41) is 2.49. The van der Waals surface area contributed by atoms with Gasteiger partial charge in [0.05, 0.1) is 17.6 Å². The number of hydrogen-bond donors (Lipinski definition) is 2. The molecular weight excluding hydrogens is 332 g/mol. The van der Waals surface area contributed by atoms with Gasteiger partial charge in [-0.25, -0.2) is 13.1 Å². The normalized spacial score (nSPS) is 17.8. The van der Waals surface area contributed by atoms with Gasteiger partial charge in [-0.05, 0) is 43.5 Å². The second kappa shape index (κ2) is 9.12. The van der Waals surface area contributed by atoms with Gasteiger partial charge in [-0.2, -0.15) is 0 Å². The van der Waals surface area contributed by atoms with Crippen molar-refractivity contribution in [3.63, 3.8) is 0 Å². The average Bonchev–Trinajstić information content (AvgIpc) is 3.10. The highest BCUT2D eigenvalue weighted by Crippen LogP contribution is 2.12. The minimum absolute atomic E-state index is 0.135. The van der Waals surface area contributed by atoms with Crippen molar-refractivity contribution < 1.29 is 22.7 Å². The van der Waals surface area contributed by atoms with Crippen molar-refractivity contribution in [2.75, 3.05) is 33.4 Å². The first-order chi connectivity index (χ1) is 11.5. The van der Waals surface area contributed by atoms with Gasteiger partial charge in [0, 0.05) is 32.4 Å². The van der Waals surface area contributed by atoms with Gasteiger partial charge in [0.25, 0.3) is 5.91 Å². The Kier molecular flexibility index (Phi) is 7.16. The molecule has 1 aromatic rings. The Balaban J connectivity index is 1.71. The van der Waals surface area contributed by atoms with Crippen molar-refractivity contribution in [2.45, 2.75) is 30.3 Å². The lowest BCUT2D eigenvalue weighted by Gasteiger charge is -2.10. The third-order valence-electron chi connectivity index (χ3n) is 3.74. The summed E-state index contributed by atoms with van der Waals surface area (Å²) < 4.78 is 37.8. The van der Waals surface area contributed by atoms with E-state index in [4.69, 9.17) is 9.47 Å². The summed E-state index contributed by atoms with van der Waals surface area (Å²) in [6.45, 7) is 2.14. The molecule has 0 bridgehead atoms. The van der Waals surface area contributed by atoms with Gasteiger partial charge in [-0.15, -0.1) is 0 Å². The van der Waals surface area contributed by atoms with Crippen molar-refractivity contribution in [3.8, 4) is 0 Å². The molecule has 0 saturated carbocycles. The van der Waals surface area contributed by atoms with E-state index in [0.717, 1.165) is 19.4 Å². The zero-order valence-corrected chi connectivity index (χ0v) is 14.6. The lowest BCUT2D eigenvalue weighted by molar-refractivity contribution is 0.0169. The first-order valence-corrected chi connectivity index (χ1v) is 9.52. The van der Waals surface area contributed by atoms with E-state index < -0.39 is 10.0 Å². The van der Waals surface area contributed by atoms with Crippen molar-refractivity contribution in [1.29, 1.82) is 0 Å². The Hall–Kier alpha value is -1.48. The van der Waals surface area contributed by atoms with Crippen LogP contribution in [0.1, 0.15) is 29.6 Å². The van der Waals surface area contributed by atoms with E-state index in [1.165, 1.54) is 31.3 Å². The summed E-state index contributed by atoms with van der Waals surface area (Å²) in [6.07, 6.45) is 2.87. The maximum Gasteiger partial charge on any atom is 0.251 e. The third kappa shape index (κ3) is 5.55. The van der Waals surface area contributed by atoms with Gasteiger partial charge in [-0.3, -0.25) is 4.79 Å². The fourth-order valence-electron chi connectivity index (χ4n) is 2.38. The quantitative estimate of drug-likeness (QED) is 0.642. The Morgan fingerprint density at radius 2 is 2.08 bits per heavy atom. The van der Waals surface area contributed by atoms with Crippen LogP contribution in [-0.2, 0) is 19.5 Å². The maximum absolute atomic E-state index is 12.2. The van der Waals surface area contributed by atoms with Gasteiger partial charge < -0.3 is 14.8 Å². The lowest BCUT2D eigenvalue weighted by atomic mass is 10.2. The van der Waals surface area contributed by atoms with Gasteiger partial charge in [0.15, 0.2) is 0 Å². The zero-order valence-electron chi connectivity index (χ0n) is 13.8. The van der Waals surface area contributed by atoms with Crippen LogP contribution in [-0.4, -0.2) is 53.8 Å². The molecule has 134 valence electrons. The summed E-state index contributed by atoms with van der Waals surface area (Å²) in [4.78, 5) is 11.6. The van der Waals surface area contributed by atoms with Crippen LogP contribution in [0.3, 0.4) is 0 Å². The van der Waals surface area contributed by atoms with E-state index in [0.29, 0.717) is 31.7 Å². The molecule has 1 saturated heterocycles. The van der Waals surface area contributed by atoms with Crippen LogP contribution in [0.25, 0.3) is 0 Å². The molecule has 1 amide bonds. The topological polar surface area (TPSA) is 93.7 Å². The molecule has 1 aliphatic rings. The number of hydrogen-bond acceptors (Lipinski definition) is 5. The Morgan fingerprint density at radius 1 is 1.33 bits per heavy atom. The van der Waals surface area contributed by atoms with E-state index in [1.54, 1.807) is 0 Å². The van der Waals surface area contributed by atoms with Gasteiger partial charge in [-0.1, -0.05) is 0 Å². The second-order valence-electron chi connectivity index (χ2n) is 5.56. The molecule has 1 atom stereocenters. The minimum atomic E-state index is -3.57. The van der Waals surface area contributed by atoms with Crippen LogP contribution in [0.4, 0.5) is 0 Å². The van der Waals surface area contributed by atoms with Gasteiger partial charge >= 0.3 is 0 Å². The monoisotopic (exact) mass is 356 g/mol. The number of benzene rings is 1. The molecule has 0 aliphatic carbocycles. The fourth-order valence-corrected chi connectivity index (χ4v) is 3.46. The molecule has 1 heterocycles. The minimum Gasteiger partial charge on any atom is -0.379 e. The molecule has 2 N–H and O–H groups in total. The Morgan fingerprint density at radius 3 is 2.71 bits per heavy atom. The van der Waals surface area contributed by atoms with E-state index in [2.05, 4.69) is 10.0 Å². The van der Waals surface area contributed by atoms with Crippen LogP contribution in [0.2, 0.25) is 0 Å². The lowest BCUT2D eigenvalue weighted by Crippen LogP contribution is -2.26. The maximum atomic E-state index is 12.2. The number of ether oxygens (including phenoxy) is 2. The number of amides is 1. The molecule has 1 aliphatic heterocycles. The SMILES string of the molecule is CNC(=O)c1ccc(S(=O)(=O)NCCCOCC2CCCO2)cc1. The van der Waals surface area contributed by atoms with Crippen molar-refractivity contribution >= 4 is 15.9 Å². The second-order valence-corrected chi connectivity index (χ2v) is 7.33. The van der Waals surface area contributed by atoms with Gasteiger partial charge in [0.2, 0.25) is 10.0 Å². The predicted octanol–water partition coefficient (Wildman–Crippen LogP) is 0.910. The summed E-state index contributed by atoms with van der Waals surface area (Å²) >= 11 is 0. The first-order valence-electron chi connectivity index (χ1n) is 8.04. The number of sulfonamides is 1. The highest BCUT2D eigenvalue weighted by Gasteiger charge is 2.16. The van der Waals surface area contributed by atoms with Gasteiger partial charge in [0.1, 0.15) is 0 Å². The van der Waals surface area contributed by atoms with Crippen LogP contribution in [0, 0.1) is 0 Å². The first kappa shape index (κ1) is 18.9. The van der Waals surface area contributed by atoms with Crippen molar-refractivity contribution in [2.24, 2.45) is 0 Å². The molecule has 0 aromatic heterocycles. The van der Waals surface area contributed by atoms with Crippen molar-refractivity contribution in [1.82, 2.24) is 10.0 Å². The molecule has 0 radical (unpaired) electrons. The van der Waals surface area contributed by atoms with Crippen LogP contribution in [0.5, 0.6) is 0 Å². The molecule has 2 rings (SSSR count). The number of nitrogens with one attached hydrogen (secondary N) is 2. The Bertz CT molecular complexity index is 624. The molecule has 1 aromatic carbocycles. The van der Waals surface area contributed by atoms with E-state index in [9.17, 15) is 13.2 Å². The highest BCUT2D eigenvalue weighted by atomic mass is 32.2. The van der Waals surface area contributed by atoms with E-state index >= 15 is 0 Å². The van der Waals surface area contributed by atoms with Crippen LogP contribution < -0.4 is 10.0 Å². The molecule has 1 unspecified atom stereocenters. The number of carbonyl (C=O) groups is 1. The Labute approximate surface area is 142 Å².